The first-order valence-electron chi connectivity index (χ1n) is 13.6. The van der Waals surface area contributed by atoms with Crippen molar-refractivity contribution in [3.63, 3.8) is 0 Å². The summed E-state index contributed by atoms with van der Waals surface area (Å²) in [5.74, 6) is 3.10. The van der Waals surface area contributed by atoms with Gasteiger partial charge in [0, 0.05) is 12.1 Å². The van der Waals surface area contributed by atoms with Gasteiger partial charge in [0.25, 0.3) is 0 Å². The zero-order valence-electron chi connectivity index (χ0n) is 24.2. The van der Waals surface area contributed by atoms with Crippen molar-refractivity contribution < 1.29 is 14.2 Å². The molecule has 0 aliphatic rings. The van der Waals surface area contributed by atoms with E-state index in [1.165, 1.54) is 0 Å². The Bertz CT molecular complexity index is 1410. The molecule has 4 rings (SSSR count). The van der Waals surface area contributed by atoms with Gasteiger partial charge in [-0.2, -0.15) is 4.98 Å². The molecule has 1 heterocycles. The number of nitrogens with two attached hydrogens (primary N) is 1. The summed E-state index contributed by atoms with van der Waals surface area (Å²) in [6, 6.07) is 19.8. The number of methoxy groups -OCH3 is 2. The number of ether oxygens (including phenoxy) is 3. The monoisotopic (exact) mass is 541 g/mol. The highest BCUT2D eigenvalue weighted by molar-refractivity contribution is 5.91. The first-order valence-corrected chi connectivity index (χ1v) is 13.6. The highest BCUT2D eigenvalue weighted by atomic mass is 16.5. The van der Waals surface area contributed by atoms with Crippen LogP contribution in [0.5, 0.6) is 17.2 Å². The third-order valence-electron chi connectivity index (χ3n) is 6.94. The van der Waals surface area contributed by atoms with Gasteiger partial charge in [-0.05, 0) is 92.2 Å². The summed E-state index contributed by atoms with van der Waals surface area (Å²) in [6.45, 7) is 11.9. The minimum atomic E-state index is 0.164. The van der Waals surface area contributed by atoms with E-state index in [1.54, 1.807) is 14.2 Å². The van der Waals surface area contributed by atoms with Crippen LogP contribution in [0, 0.1) is 13.8 Å². The highest BCUT2D eigenvalue weighted by Crippen LogP contribution is 2.41. The number of likely N-dealkylation sites (N-methyl/N-ethyl adjacent to an activating group) is 1. The minimum absolute atomic E-state index is 0.164. The summed E-state index contributed by atoms with van der Waals surface area (Å²) in [4.78, 5) is 11.7. The van der Waals surface area contributed by atoms with E-state index in [0.717, 1.165) is 64.6 Å². The van der Waals surface area contributed by atoms with Crippen LogP contribution in [0.4, 0.5) is 17.5 Å². The van der Waals surface area contributed by atoms with Crippen molar-refractivity contribution in [2.24, 2.45) is 0 Å². The van der Waals surface area contributed by atoms with Crippen LogP contribution in [-0.2, 0) is 0 Å². The van der Waals surface area contributed by atoms with Crippen LogP contribution in [0.1, 0.15) is 25.0 Å². The predicted molar refractivity (Wildman–Crippen MR) is 163 cm³/mol. The Hall–Kier alpha value is -4.30. The Balaban J connectivity index is 1.79. The molecule has 0 aliphatic heterocycles. The lowest BCUT2D eigenvalue weighted by Crippen LogP contribution is -2.27. The molecule has 0 unspecified atom stereocenters. The summed E-state index contributed by atoms with van der Waals surface area (Å²) in [5, 5.41) is 3.45. The van der Waals surface area contributed by atoms with E-state index < -0.39 is 0 Å². The van der Waals surface area contributed by atoms with E-state index >= 15 is 0 Å². The number of nitrogens with one attached hydrogen (secondary N) is 1. The van der Waals surface area contributed by atoms with Crippen LogP contribution in [0.25, 0.3) is 22.4 Å². The fourth-order valence-corrected chi connectivity index (χ4v) is 4.88. The van der Waals surface area contributed by atoms with E-state index in [2.05, 4.69) is 41.2 Å². The second-order valence-corrected chi connectivity index (χ2v) is 9.52. The second kappa shape index (κ2) is 13.2. The van der Waals surface area contributed by atoms with Crippen LogP contribution in [0.2, 0.25) is 0 Å². The van der Waals surface area contributed by atoms with Gasteiger partial charge in [-0.1, -0.05) is 26.0 Å². The smallest absolute Gasteiger partial charge is 0.222 e. The normalized spacial score (nSPS) is 11.0. The van der Waals surface area contributed by atoms with Crippen molar-refractivity contribution in [1.82, 2.24) is 14.9 Å². The molecular formula is C32H39N5O3. The Morgan fingerprint density at radius 3 is 2.15 bits per heavy atom. The van der Waals surface area contributed by atoms with Crippen molar-refractivity contribution in [1.29, 1.82) is 0 Å². The van der Waals surface area contributed by atoms with Crippen molar-refractivity contribution >= 4 is 17.5 Å². The molecule has 0 saturated carbocycles. The Morgan fingerprint density at radius 1 is 0.850 bits per heavy atom. The lowest BCUT2D eigenvalue weighted by Gasteiger charge is -2.19. The third kappa shape index (κ3) is 6.46. The van der Waals surface area contributed by atoms with Crippen molar-refractivity contribution in [2.75, 3.05) is 51.5 Å². The average Bonchev–Trinajstić information content (AvgIpc) is 2.95. The molecule has 3 N–H and O–H groups in total. The molecule has 0 radical (unpaired) electrons. The summed E-state index contributed by atoms with van der Waals surface area (Å²) >= 11 is 0. The number of aryl methyl sites for hydroxylation is 2. The summed E-state index contributed by atoms with van der Waals surface area (Å²) in [6.07, 6.45) is 0. The number of aromatic nitrogens is 2. The Kier molecular flexibility index (Phi) is 9.45. The summed E-state index contributed by atoms with van der Waals surface area (Å²) in [5.41, 5.74) is 12.5. The molecular weight excluding hydrogens is 502 g/mol. The van der Waals surface area contributed by atoms with Crippen LogP contribution in [0.15, 0.2) is 60.7 Å². The van der Waals surface area contributed by atoms with Gasteiger partial charge in [-0.25, -0.2) is 4.98 Å². The lowest BCUT2D eigenvalue weighted by atomic mass is 9.95. The van der Waals surface area contributed by atoms with E-state index in [9.17, 15) is 0 Å². The molecule has 0 amide bonds. The minimum Gasteiger partial charge on any atom is -0.496 e. The molecule has 8 nitrogen and oxygen atoms in total. The fourth-order valence-electron chi connectivity index (χ4n) is 4.88. The van der Waals surface area contributed by atoms with Crippen LogP contribution >= 0.6 is 0 Å². The number of hydrogen-bond donors (Lipinski definition) is 2. The van der Waals surface area contributed by atoms with Crippen molar-refractivity contribution in [3.05, 3.63) is 71.8 Å². The predicted octanol–water partition coefficient (Wildman–Crippen LogP) is 6.49. The number of benzene rings is 3. The summed E-state index contributed by atoms with van der Waals surface area (Å²) < 4.78 is 17.2. The van der Waals surface area contributed by atoms with Crippen LogP contribution < -0.4 is 25.3 Å². The van der Waals surface area contributed by atoms with Crippen LogP contribution in [-0.4, -0.2) is 55.3 Å². The van der Waals surface area contributed by atoms with E-state index in [0.29, 0.717) is 23.9 Å². The molecule has 0 fully saturated rings. The molecule has 0 saturated heterocycles. The second-order valence-electron chi connectivity index (χ2n) is 9.52. The summed E-state index contributed by atoms with van der Waals surface area (Å²) in [7, 11) is 3.33. The molecule has 0 aliphatic carbocycles. The standard InChI is InChI=1S/C32H39N5O3/c1-7-37(8-2)17-18-40-25-15-13-23(14-16-25)29-28(24-19-21(3)30(39-6)22(4)20-24)31(36-32(33)35-29)34-26-11-9-10-12-27(26)38-5/h9-16,19-20H,7-8,17-18H2,1-6H3,(H3,33,34,35,36). The fraction of sp³-hybridized carbons (Fsp3) is 0.312. The SMILES string of the molecule is CCN(CC)CCOc1ccc(-c2nc(N)nc(Nc3ccccc3OC)c2-c2cc(C)c(OC)c(C)c2)cc1. The van der Waals surface area contributed by atoms with E-state index in [-0.39, 0.29) is 5.95 Å². The van der Waals surface area contributed by atoms with Gasteiger partial charge in [0.05, 0.1) is 31.2 Å². The molecule has 0 bridgehead atoms. The lowest BCUT2D eigenvalue weighted by molar-refractivity contribution is 0.223. The molecule has 8 heteroatoms. The first-order chi connectivity index (χ1) is 19.4. The van der Waals surface area contributed by atoms with Gasteiger partial charge in [0.2, 0.25) is 5.95 Å². The zero-order chi connectivity index (χ0) is 28.6. The number of para-hydroxylation sites is 2. The number of hydrogen-bond acceptors (Lipinski definition) is 8. The molecule has 0 atom stereocenters. The molecule has 0 spiro atoms. The maximum absolute atomic E-state index is 6.28. The van der Waals surface area contributed by atoms with Gasteiger partial charge >= 0.3 is 0 Å². The topological polar surface area (TPSA) is 94.8 Å². The van der Waals surface area contributed by atoms with Gasteiger partial charge in [0.1, 0.15) is 29.7 Å². The van der Waals surface area contributed by atoms with Crippen molar-refractivity contribution in [3.8, 4) is 39.6 Å². The van der Waals surface area contributed by atoms with Gasteiger partial charge < -0.3 is 30.2 Å². The van der Waals surface area contributed by atoms with Gasteiger partial charge in [-0.3, -0.25) is 0 Å². The number of anilines is 3. The van der Waals surface area contributed by atoms with E-state index in [4.69, 9.17) is 24.9 Å². The maximum Gasteiger partial charge on any atom is 0.222 e. The number of nitrogens with zero attached hydrogens (tertiary/aromatic N) is 3. The molecule has 1 aromatic heterocycles. The quantitative estimate of drug-likeness (QED) is 0.210. The zero-order valence-corrected chi connectivity index (χ0v) is 24.2. The largest absolute Gasteiger partial charge is 0.496 e. The Morgan fingerprint density at radius 2 is 1.52 bits per heavy atom. The van der Waals surface area contributed by atoms with Gasteiger partial charge in [-0.15, -0.1) is 0 Å². The first kappa shape index (κ1) is 28.7. The highest BCUT2D eigenvalue weighted by Gasteiger charge is 2.20. The van der Waals surface area contributed by atoms with E-state index in [1.807, 2.05) is 62.4 Å². The Labute approximate surface area is 237 Å². The van der Waals surface area contributed by atoms with Crippen molar-refractivity contribution in [2.45, 2.75) is 27.7 Å². The molecule has 210 valence electrons. The average molecular weight is 542 g/mol. The molecule has 3 aromatic carbocycles. The third-order valence-corrected chi connectivity index (χ3v) is 6.94. The molecule has 4 aromatic rings. The number of rotatable bonds is 12. The maximum atomic E-state index is 6.28. The van der Waals surface area contributed by atoms with Gasteiger partial charge in [0.15, 0.2) is 0 Å². The number of nitrogen functional groups attached to an aromatic ring is 1. The van der Waals surface area contributed by atoms with Crippen LogP contribution in [0.3, 0.4) is 0 Å². The molecule has 40 heavy (non-hydrogen) atoms.